The predicted octanol–water partition coefficient (Wildman–Crippen LogP) is 1.78. The standard InChI is InChI=1S/C9H10INO3/c1-13-6-4-3-5-7(14-2)8(6)9(12)11-10/h3-5H,1-2H3,(H,11,12). The van der Waals surface area contributed by atoms with Gasteiger partial charge in [-0.1, -0.05) is 6.07 Å². The van der Waals surface area contributed by atoms with E-state index in [2.05, 4.69) is 3.53 Å². The molecular weight excluding hydrogens is 297 g/mol. The molecule has 0 bridgehead atoms. The SMILES string of the molecule is COc1cccc(OC)c1C(=O)NI. The van der Waals surface area contributed by atoms with Crippen LogP contribution in [0.1, 0.15) is 10.4 Å². The maximum Gasteiger partial charge on any atom is 0.267 e. The normalized spacial score (nSPS) is 9.36. The average molecular weight is 307 g/mol. The Kier molecular flexibility index (Phi) is 3.99. The zero-order valence-corrected chi connectivity index (χ0v) is 9.99. The number of halogens is 1. The number of hydrogen-bond acceptors (Lipinski definition) is 3. The van der Waals surface area contributed by atoms with Crippen molar-refractivity contribution in [3.05, 3.63) is 23.8 Å². The molecule has 5 heteroatoms. The lowest BCUT2D eigenvalue weighted by molar-refractivity contribution is 0.0983. The van der Waals surface area contributed by atoms with Crippen LogP contribution in [0, 0.1) is 0 Å². The van der Waals surface area contributed by atoms with Gasteiger partial charge in [-0.05, 0) is 12.1 Å². The molecule has 76 valence electrons. The zero-order valence-electron chi connectivity index (χ0n) is 7.83. The minimum absolute atomic E-state index is 0.236. The van der Waals surface area contributed by atoms with E-state index in [0.29, 0.717) is 17.1 Å². The van der Waals surface area contributed by atoms with Gasteiger partial charge in [0.2, 0.25) is 0 Å². The van der Waals surface area contributed by atoms with E-state index in [9.17, 15) is 4.79 Å². The van der Waals surface area contributed by atoms with Gasteiger partial charge in [-0.15, -0.1) is 0 Å². The summed E-state index contributed by atoms with van der Waals surface area (Å²) in [6.45, 7) is 0. The summed E-state index contributed by atoms with van der Waals surface area (Å²) in [6, 6.07) is 5.19. The third kappa shape index (κ3) is 2.09. The Bertz CT molecular complexity index is 319. The molecule has 0 atom stereocenters. The van der Waals surface area contributed by atoms with Crippen molar-refractivity contribution in [1.29, 1.82) is 0 Å². The Morgan fingerprint density at radius 2 is 1.79 bits per heavy atom. The molecule has 0 heterocycles. The van der Waals surface area contributed by atoms with Crippen molar-refractivity contribution >= 4 is 28.8 Å². The molecule has 0 fully saturated rings. The summed E-state index contributed by atoms with van der Waals surface area (Å²) in [5.41, 5.74) is 0.409. The minimum atomic E-state index is -0.236. The fourth-order valence-electron chi connectivity index (χ4n) is 1.12. The van der Waals surface area contributed by atoms with Crippen molar-refractivity contribution in [2.24, 2.45) is 0 Å². The van der Waals surface area contributed by atoms with Crippen molar-refractivity contribution in [3.8, 4) is 11.5 Å². The fourth-order valence-corrected chi connectivity index (χ4v) is 1.39. The second kappa shape index (κ2) is 5.04. The molecule has 0 aliphatic carbocycles. The number of carbonyl (C=O) groups is 1. The monoisotopic (exact) mass is 307 g/mol. The Morgan fingerprint density at radius 3 is 2.14 bits per heavy atom. The van der Waals surface area contributed by atoms with Crippen LogP contribution in [0.5, 0.6) is 11.5 Å². The molecule has 0 radical (unpaired) electrons. The van der Waals surface area contributed by atoms with Crippen LogP contribution in [0.15, 0.2) is 18.2 Å². The van der Waals surface area contributed by atoms with Gasteiger partial charge in [-0.25, -0.2) is 0 Å². The van der Waals surface area contributed by atoms with Crippen molar-refractivity contribution in [2.45, 2.75) is 0 Å². The molecule has 4 nitrogen and oxygen atoms in total. The summed E-state index contributed by atoms with van der Waals surface area (Å²) >= 11 is 1.77. The Balaban J connectivity index is 3.25. The maximum atomic E-state index is 11.5. The van der Waals surface area contributed by atoms with E-state index in [1.165, 1.54) is 14.2 Å². The zero-order chi connectivity index (χ0) is 10.6. The molecule has 0 saturated carbocycles. The van der Waals surface area contributed by atoms with Gasteiger partial charge in [0.15, 0.2) is 0 Å². The Morgan fingerprint density at radius 1 is 1.29 bits per heavy atom. The number of amides is 1. The lowest BCUT2D eigenvalue weighted by atomic mass is 10.1. The quantitative estimate of drug-likeness (QED) is 0.684. The molecule has 1 aromatic rings. The molecule has 1 N–H and O–H groups in total. The first kappa shape index (κ1) is 11.1. The minimum Gasteiger partial charge on any atom is -0.496 e. The highest BCUT2D eigenvalue weighted by Crippen LogP contribution is 2.27. The molecule has 0 saturated heterocycles. The summed E-state index contributed by atoms with van der Waals surface area (Å²) in [6.07, 6.45) is 0. The van der Waals surface area contributed by atoms with Crippen LogP contribution in [-0.2, 0) is 0 Å². The van der Waals surface area contributed by atoms with E-state index < -0.39 is 0 Å². The number of carbonyl (C=O) groups excluding carboxylic acids is 1. The van der Waals surface area contributed by atoms with Crippen molar-refractivity contribution in [2.75, 3.05) is 14.2 Å². The highest BCUT2D eigenvalue weighted by molar-refractivity contribution is 14.1. The van der Waals surface area contributed by atoms with Gasteiger partial charge >= 0.3 is 0 Å². The van der Waals surface area contributed by atoms with E-state index in [0.717, 1.165) is 0 Å². The van der Waals surface area contributed by atoms with Crippen LogP contribution in [0.3, 0.4) is 0 Å². The van der Waals surface area contributed by atoms with Crippen LogP contribution in [0.2, 0.25) is 0 Å². The lowest BCUT2D eigenvalue weighted by Crippen LogP contribution is -2.14. The first-order valence-corrected chi connectivity index (χ1v) is 4.94. The van der Waals surface area contributed by atoms with E-state index in [4.69, 9.17) is 9.47 Å². The second-order valence-electron chi connectivity index (χ2n) is 2.46. The third-order valence-electron chi connectivity index (χ3n) is 1.74. The summed E-state index contributed by atoms with van der Waals surface area (Å²) in [7, 11) is 3.03. The number of rotatable bonds is 3. The van der Waals surface area contributed by atoms with Gasteiger partial charge < -0.3 is 9.47 Å². The topological polar surface area (TPSA) is 47.6 Å². The maximum absolute atomic E-state index is 11.5. The number of ether oxygens (including phenoxy) is 2. The molecular formula is C9H10INO3. The second-order valence-corrected chi connectivity index (χ2v) is 3.00. The van der Waals surface area contributed by atoms with Gasteiger partial charge in [0.25, 0.3) is 5.91 Å². The molecule has 1 aromatic carbocycles. The molecule has 0 spiro atoms. The molecule has 0 aromatic heterocycles. The van der Waals surface area contributed by atoms with Crippen molar-refractivity contribution < 1.29 is 14.3 Å². The smallest absolute Gasteiger partial charge is 0.267 e. The van der Waals surface area contributed by atoms with Gasteiger partial charge in [0.05, 0.1) is 37.1 Å². The summed E-state index contributed by atoms with van der Waals surface area (Å²) in [4.78, 5) is 11.5. The van der Waals surface area contributed by atoms with Gasteiger partial charge in [0, 0.05) is 0 Å². The number of hydrogen-bond donors (Lipinski definition) is 1. The average Bonchev–Trinajstić information content (AvgIpc) is 2.26. The van der Waals surface area contributed by atoms with Crippen LogP contribution in [0.25, 0.3) is 0 Å². The Labute approximate surface area is 96.1 Å². The van der Waals surface area contributed by atoms with Crippen LogP contribution >= 0.6 is 22.9 Å². The fraction of sp³-hybridized carbons (Fsp3) is 0.222. The number of benzene rings is 1. The third-order valence-corrected chi connectivity index (χ3v) is 2.23. The van der Waals surface area contributed by atoms with Gasteiger partial charge in [-0.2, -0.15) is 0 Å². The van der Waals surface area contributed by atoms with Crippen molar-refractivity contribution in [1.82, 2.24) is 3.53 Å². The van der Waals surface area contributed by atoms with E-state index in [1.54, 1.807) is 41.1 Å². The summed E-state index contributed by atoms with van der Waals surface area (Å²) in [5, 5.41) is 0. The predicted molar refractivity (Wildman–Crippen MR) is 61.0 cm³/mol. The van der Waals surface area contributed by atoms with Crippen LogP contribution in [0.4, 0.5) is 0 Å². The lowest BCUT2D eigenvalue weighted by Gasteiger charge is -2.10. The highest BCUT2D eigenvalue weighted by Gasteiger charge is 2.16. The molecule has 1 rings (SSSR count). The highest BCUT2D eigenvalue weighted by atomic mass is 127. The van der Waals surface area contributed by atoms with E-state index >= 15 is 0 Å². The van der Waals surface area contributed by atoms with Crippen LogP contribution in [-0.4, -0.2) is 20.1 Å². The van der Waals surface area contributed by atoms with Gasteiger partial charge in [-0.3, -0.25) is 8.32 Å². The molecule has 0 unspecified atom stereocenters. The van der Waals surface area contributed by atoms with Gasteiger partial charge in [0.1, 0.15) is 17.1 Å². The first-order valence-electron chi connectivity index (χ1n) is 3.86. The van der Waals surface area contributed by atoms with Crippen LogP contribution < -0.4 is 13.0 Å². The largest absolute Gasteiger partial charge is 0.496 e. The molecule has 0 aliphatic rings. The van der Waals surface area contributed by atoms with E-state index in [1.807, 2.05) is 0 Å². The first-order chi connectivity index (χ1) is 6.74. The summed E-state index contributed by atoms with van der Waals surface area (Å²) in [5.74, 6) is 0.761. The molecule has 1 amide bonds. The van der Waals surface area contributed by atoms with Crippen molar-refractivity contribution in [3.63, 3.8) is 0 Å². The number of nitrogens with one attached hydrogen (secondary N) is 1. The number of methoxy groups -OCH3 is 2. The molecule has 0 aliphatic heterocycles. The summed E-state index contributed by atoms with van der Waals surface area (Å²) < 4.78 is 12.6. The molecule has 14 heavy (non-hydrogen) atoms. The Hall–Kier alpha value is -0.980. The van der Waals surface area contributed by atoms with E-state index in [-0.39, 0.29) is 5.91 Å².